The number of rotatable bonds is 3. The van der Waals surface area contributed by atoms with Crippen LogP contribution in [0, 0.1) is 34.6 Å². The highest BCUT2D eigenvalue weighted by Gasteiger charge is 2.20. The molecule has 4 rings (SSSR count). The molecule has 0 unspecified atom stereocenters. The number of pyridine rings is 1. The van der Waals surface area contributed by atoms with E-state index < -0.39 is 0 Å². The van der Waals surface area contributed by atoms with Gasteiger partial charge in [0.05, 0.1) is 16.8 Å². The maximum Gasteiger partial charge on any atom is 0.256 e. The first kappa shape index (κ1) is 19.8. The lowest BCUT2D eigenvalue weighted by Gasteiger charge is -2.17. The average molecular weight is 395 g/mol. The summed E-state index contributed by atoms with van der Waals surface area (Å²) in [6.45, 7) is 10.2. The van der Waals surface area contributed by atoms with Gasteiger partial charge in [-0.25, -0.2) is 4.98 Å². The zero-order valence-corrected chi connectivity index (χ0v) is 18.1. The van der Waals surface area contributed by atoms with E-state index in [1.54, 1.807) is 0 Å². The van der Waals surface area contributed by atoms with E-state index >= 15 is 0 Å². The maximum absolute atomic E-state index is 13.5. The van der Waals surface area contributed by atoms with Gasteiger partial charge in [-0.15, -0.1) is 0 Å². The molecule has 3 aromatic carbocycles. The quantitative estimate of drug-likeness (QED) is 0.420. The van der Waals surface area contributed by atoms with Gasteiger partial charge in [-0.1, -0.05) is 59.7 Å². The van der Waals surface area contributed by atoms with Crippen LogP contribution in [-0.4, -0.2) is 10.9 Å². The van der Waals surface area contributed by atoms with Gasteiger partial charge >= 0.3 is 0 Å². The van der Waals surface area contributed by atoms with Gasteiger partial charge in [0.2, 0.25) is 0 Å². The van der Waals surface area contributed by atoms with Gasteiger partial charge in [-0.3, -0.25) is 4.79 Å². The third kappa shape index (κ3) is 3.59. The summed E-state index contributed by atoms with van der Waals surface area (Å²) in [5.74, 6) is -0.104. The molecule has 3 nitrogen and oxygen atoms in total. The molecule has 0 aliphatic heterocycles. The Kier molecular flexibility index (Phi) is 5.13. The highest BCUT2D eigenvalue weighted by molar-refractivity contribution is 6.15. The Bertz CT molecular complexity index is 1270. The lowest BCUT2D eigenvalue weighted by atomic mass is 9.94. The first-order chi connectivity index (χ1) is 14.3. The molecule has 0 radical (unpaired) electrons. The minimum Gasteiger partial charge on any atom is -0.322 e. The van der Waals surface area contributed by atoms with Gasteiger partial charge in [0.1, 0.15) is 0 Å². The number of nitrogens with one attached hydrogen (secondary N) is 1. The number of para-hydroxylation sites is 1. The summed E-state index contributed by atoms with van der Waals surface area (Å²) in [4.78, 5) is 18.5. The Morgan fingerprint density at radius 3 is 2.20 bits per heavy atom. The zero-order valence-electron chi connectivity index (χ0n) is 18.1. The standard InChI is InChI=1S/C27H26N2O/c1-16-10-12-21(13-11-16)26-20(5)24(22-15-17(2)14-19(4)25(22)29-26)27(30)28-23-9-7-6-8-18(23)3/h6-15H,1-5H3,(H,28,30). The largest absolute Gasteiger partial charge is 0.322 e. The first-order valence-corrected chi connectivity index (χ1v) is 10.2. The average Bonchev–Trinajstić information content (AvgIpc) is 2.70. The molecule has 1 aromatic heterocycles. The number of aryl methyl sites for hydroxylation is 4. The van der Waals surface area contributed by atoms with Crippen molar-refractivity contribution in [2.24, 2.45) is 0 Å². The summed E-state index contributed by atoms with van der Waals surface area (Å²) in [5.41, 5.74) is 9.57. The monoisotopic (exact) mass is 394 g/mol. The van der Waals surface area contributed by atoms with Crippen molar-refractivity contribution in [1.29, 1.82) is 0 Å². The number of amides is 1. The van der Waals surface area contributed by atoms with Gasteiger partial charge in [0.15, 0.2) is 0 Å². The van der Waals surface area contributed by atoms with Gasteiger partial charge in [-0.05, 0) is 63.4 Å². The Labute approximate surface area is 177 Å². The van der Waals surface area contributed by atoms with Gasteiger partial charge < -0.3 is 5.32 Å². The van der Waals surface area contributed by atoms with Crippen molar-refractivity contribution in [3.8, 4) is 11.3 Å². The van der Waals surface area contributed by atoms with Crippen LogP contribution in [0.3, 0.4) is 0 Å². The van der Waals surface area contributed by atoms with Crippen molar-refractivity contribution >= 4 is 22.5 Å². The third-order valence-electron chi connectivity index (χ3n) is 5.61. The molecule has 0 aliphatic rings. The zero-order chi connectivity index (χ0) is 21.4. The number of carbonyl (C=O) groups is 1. The minimum atomic E-state index is -0.104. The van der Waals surface area contributed by atoms with Crippen molar-refractivity contribution in [3.63, 3.8) is 0 Å². The summed E-state index contributed by atoms with van der Waals surface area (Å²) < 4.78 is 0. The number of hydrogen-bond donors (Lipinski definition) is 1. The summed E-state index contributed by atoms with van der Waals surface area (Å²) in [5, 5.41) is 4.01. The normalized spacial score (nSPS) is 11.0. The Hall–Kier alpha value is -3.46. The molecule has 0 atom stereocenters. The molecule has 3 heteroatoms. The summed E-state index contributed by atoms with van der Waals surface area (Å²) in [6.07, 6.45) is 0. The van der Waals surface area contributed by atoms with Gasteiger partial charge in [0, 0.05) is 16.6 Å². The second kappa shape index (κ2) is 7.75. The van der Waals surface area contributed by atoms with E-state index in [2.05, 4.69) is 62.5 Å². The molecule has 0 fully saturated rings. The van der Waals surface area contributed by atoms with E-state index in [9.17, 15) is 4.79 Å². The van der Waals surface area contributed by atoms with E-state index in [0.717, 1.165) is 50.1 Å². The van der Waals surface area contributed by atoms with Crippen LogP contribution in [0.15, 0.2) is 60.7 Å². The number of hydrogen-bond acceptors (Lipinski definition) is 2. The number of carbonyl (C=O) groups excluding carboxylic acids is 1. The molecule has 30 heavy (non-hydrogen) atoms. The number of nitrogens with zero attached hydrogens (tertiary/aromatic N) is 1. The number of aromatic nitrogens is 1. The van der Waals surface area contributed by atoms with Crippen LogP contribution in [-0.2, 0) is 0 Å². The number of benzene rings is 3. The minimum absolute atomic E-state index is 0.104. The fourth-order valence-electron chi connectivity index (χ4n) is 4.00. The molecule has 150 valence electrons. The molecule has 1 amide bonds. The molecule has 4 aromatic rings. The van der Waals surface area contributed by atoms with Crippen molar-refractivity contribution in [2.75, 3.05) is 5.32 Å². The van der Waals surface area contributed by atoms with Crippen molar-refractivity contribution in [3.05, 3.63) is 94.0 Å². The molecule has 0 bridgehead atoms. The fourth-order valence-corrected chi connectivity index (χ4v) is 4.00. The van der Waals surface area contributed by atoms with Crippen molar-refractivity contribution in [2.45, 2.75) is 34.6 Å². The molecule has 0 aliphatic carbocycles. The molecule has 0 spiro atoms. The Morgan fingerprint density at radius 2 is 1.50 bits per heavy atom. The molecule has 0 saturated carbocycles. The van der Waals surface area contributed by atoms with E-state index in [1.807, 2.05) is 38.1 Å². The van der Waals surface area contributed by atoms with Crippen LogP contribution in [0.5, 0.6) is 0 Å². The summed E-state index contributed by atoms with van der Waals surface area (Å²) in [7, 11) is 0. The lowest BCUT2D eigenvalue weighted by molar-refractivity contribution is 0.102. The molecule has 1 heterocycles. The van der Waals surface area contributed by atoms with Crippen LogP contribution < -0.4 is 5.32 Å². The SMILES string of the molecule is Cc1ccc(-c2nc3c(C)cc(C)cc3c(C(=O)Nc3ccccc3C)c2C)cc1. The topological polar surface area (TPSA) is 42.0 Å². The molecular weight excluding hydrogens is 368 g/mol. The van der Waals surface area contributed by atoms with E-state index in [-0.39, 0.29) is 5.91 Å². The predicted octanol–water partition coefficient (Wildman–Crippen LogP) is 6.70. The highest BCUT2D eigenvalue weighted by Crippen LogP contribution is 2.32. The second-order valence-electron chi connectivity index (χ2n) is 8.07. The molecular formula is C27H26N2O. The number of fused-ring (bicyclic) bond motifs is 1. The summed E-state index contributed by atoms with van der Waals surface area (Å²) in [6, 6.07) is 20.3. The molecule has 0 saturated heterocycles. The van der Waals surface area contributed by atoms with Crippen molar-refractivity contribution in [1.82, 2.24) is 4.98 Å². The van der Waals surface area contributed by atoms with Crippen LogP contribution in [0.4, 0.5) is 5.69 Å². The summed E-state index contributed by atoms with van der Waals surface area (Å²) >= 11 is 0. The van der Waals surface area contributed by atoms with E-state index in [0.29, 0.717) is 5.56 Å². The molecule has 1 N–H and O–H groups in total. The van der Waals surface area contributed by atoms with Crippen molar-refractivity contribution < 1.29 is 4.79 Å². The van der Waals surface area contributed by atoms with E-state index in [4.69, 9.17) is 4.98 Å². The van der Waals surface area contributed by atoms with Gasteiger partial charge in [-0.2, -0.15) is 0 Å². The van der Waals surface area contributed by atoms with Crippen LogP contribution in [0.1, 0.15) is 38.2 Å². The lowest BCUT2D eigenvalue weighted by Crippen LogP contribution is -2.16. The first-order valence-electron chi connectivity index (χ1n) is 10.2. The van der Waals surface area contributed by atoms with E-state index in [1.165, 1.54) is 5.56 Å². The second-order valence-corrected chi connectivity index (χ2v) is 8.07. The Morgan fingerprint density at radius 1 is 0.800 bits per heavy atom. The van der Waals surface area contributed by atoms with Crippen LogP contribution in [0.2, 0.25) is 0 Å². The third-order valence-corrected chi connectivity index (χ3v) is 5.61. The fraction of sp³-hybridized carbons (Fsp3) is 0.185. The Balaban J connectivity index is 1.96. The number of anilines is 1. The van der Waals surface area contributed by atoms with Crippen LogP contribution >= 0.6 is 0 Å². The highest BCUT2D eigenvalue weighted by atomic mass is 16.1. The van der Waals surface area contributed by atoms with Crippen LogP contribution in [0.25, 0.3) is 22.2 Å². The smallest absolute Gasteiger partial charge is 0.256 e. The predicted molar refractivity (Wildman–Crippen MR) is 125 cm³/mol. The van der Waals surface area contributed by atoms with Gasteiger partial charge in [0.25, 0.3) is 5.91 Å². The maximum atomic E-state index is 13.5.